The van der Waals surface area contributed by atoms with Gasteiger partial charge in [-0.05, 0) is 37.9 Å². The van der Waals surface area contributed by atoms with Gasteiger partial charge < -0.3 is 21.3 Å². The minimum absolute atomic E-state index is 0.277. The maximum Gasteiger partial charge on any atom is 0.405 e. The molecule has 0 aliphatic carbocycles. The Hall–Kier alpha value is -2.67. The first-order chi connectivity index (χ1) is 11.0. The highest BCUT2D eigenvalue weighted by Crippen LogP contribution is 2.07. The summed E-state index contributed by atoms with van der Waals surface area (Å²) in [5.41, 5.74) is 6.27. The summed E-state index contributed by atoms with van der Waals surface area (Å²) in [7, 11) is 0. The fraction of sp³-hybridized carbons (Fsp3) is 0.312. The van der Waals surface area contributed by atoms with Crippen LogP contribution >= 0.6 is 0 Å². The van der Waals surface area contributed by atoms with E-state index in [2.05, 4.69) is 17.1 Å². The molecular formula is C16H21N3O4. The molecule has 0 saturated heterocycles. The van der Waals surface area contributed by atoms with Gasteiger partial charge in [0.05, 0.1) is 5.52 Å². The van der Waals surface area contributed by atoms with Crippen molar-refractivity contribution in [3.63, 3.8) is 0 Å². The van der Waals surface area contributed by atoms with Crippen molar-refractivity contribution in [2.24, 2.45) is 5.73 Å². The van der Waals surface area contributed by atoms with Crippen molar-refractivity contribution >= 4 is 23.0 Å². The molecule has 0 aliphatic heterocycles. The molecule has 1 atom stereocenters. The number of pyridine rings is 1. The number of para-hydroxylation sites is 1. The maximum absolute atomic E-state index is 10.5. The van der Waals surface area contributed by atoms with E-state index in [1.54, 1.807) is 0 Å². The monoisotopic (exact) mass is 319 g/mol. The van der Waals surface area contributed by atoms with Crippen LogP contribution in [0.1, 0.15) is 19.3 Å². The van der Waals surface area contributed by atoms with E-state index in [0.29, 0.717) is 19.4 Å². The number of nitrogens with two attached hydrogens (primary N) is 1. The fourth-order valence-corrected chi connectivity index (χ4v) is 1.92. The van der Waals surface area contributed by atoms with Gasteiger partial charge in [-0.2, -0.15) is 0 Å². The number of carbonyl (C=O) groups is 2. The molecule has 1 aromatic carbocycles. The lowest BCUT2D eigenvalue weighted by Gasteiger charge is -2.10. The van der Waals surface area contributed by atoms with E-state index in [4.69, 9.17) is 15.9 Å². The Bertz CT molecular complexity index is 568. The standard InChI is InChI=1S/C9H7N.C7H14N2O4/c1-2-6-9-8(4-1)5-3-7-10-9;8-4-2-1-3-5(6(10)11)9-7(12)13/h1-7H;5,9H,1-4,8H2,(H,10,11)(H,12,13)/t;5-/m.0/s1. The number of unbranched alkanes of at least 4 members (excludes halogenated alkanes) is 1. The summed E-state index contributed by atoms with van der Waals surface area (Å²) in [6.07, 6.45) is 2.07. The van der Waals surface area contributed by atoms with Crippen molar-refractivity contribution in [3.8, 4) is 0 Å². The predicted octanol–water partition coefficient (Wildman–Crippen LogP) is 2.07. The Morgan fingerprint density at radius 3 is 2.43 bits per heavy atom. The van der Waals surface area contributed by atoms with Crippen LogP contribution in [0.4, 0.5) is 4.79 Å². The predicted molar refractivity (Wildman–Crippen MR) is 87.2 cm³/mol. The van der Waals surface area contributed by atoms with E-state index in [0.717, 1.165) is 5.52 Å². The van der Waals surface area contributed by atoms with Gasteiger partial charge in [-0.1, -0.05) is 24.3 Å². The third-order valence-corrected chi connectivity index (χ3v) is 3.05. The van der Waals surface area contributed by atoms with Gasteiger partial charge in [-0.3, -0.25) is 4.98 Å². The smallest absolute Gasteiger partial charge is 0.405 e. The molecule has 124 valence electrons. The lowest BCUT2D eigenvalue weighted by Crippen LogP contribution is -2.39. The number of amides is 1. The number of nitrogens with one attached hydrogen (secondary N) is 1. The van der Waals surface area contributed by atoms with E-state index < -0.39 is 18.1 Å². The molecule has 0 radical (unpaired) electrons. The number of aromatic nitrogens is 1. The van der Waals surface area contributed by atoms with Crippen molar-refractivity contribution in [1.82, 2.24) is 10.3 Å². The Kier molecular flexibility index (Phi) is 8.09. The summed E-state index contributed by atoms with van der Waals surface area (Å²) in [4.78, 5) is 24.8. The maximum atomic E-state index is 10.5. The summed E-state index contributed by atoms with van der Waals surface area (Å²) in [6.45, 7) is 0.486. The lowest BCUT2D eigenvalue weighted by molar-refractivity contribution is -0.139. The Balaban J connectivity index is 0.000000235. The zero-order valence-electron chi connectivity index (χ0n) is 12.7. The molecule has 7 nitrogen and oxygen atoms in total. The fourth-order valence-electron chi connectivity index (χ4n) is 1.92. The Morgan fingerprint density at radius 1 is 1.13 bits per heavy atom. The highest BCUT2D eigenvalue weighted by atomic mass is 16.4. The minimum Gasteiger partial charge on any atom is -0.480 e. The number of carboxylic acid groups (broad SMARTS) is 2. The Labute approximate surface area is 134 Å². The molecule has 0 saturated carbocycles. The molecule has 2 aromatic rings. The molecule has 0 unspecified atom stereocenters. The quantitative estimate of drug-likeness (QED) is 0.604. The van der Waals surface area contributed by atoms with Crippen LogP contribution in [-0.2, 0) is 4.79 Å². The number of nitrogens with zero attached hydrogens (tertiary/aromatic N) is 1. The molecule has 0 aliphatic rings. The van der Waals surface area contributed by atoms with Gasteiger partial charge >= 0.3 is 12.1 Å². The molecule has 7 heteroatoms. The van der Waals surface area contributed by atoms with E-state index in [-0.39, 0.29) is 6.42 Å². The van der Waals surface area contributed by atoms with Crippen molar-refractivity contribution in [2.75, 3.05) is 6.54 Å². The van der Waals surface area contributed by atoms with Crippen LogP contribution in [0.25, 0.3) is 10.9 Å². The van der Waals surface area contributed by atoms with E-state index >= 15 is 0 Å². The third-order valence-electron chi connectivity index (χ3n) is 3.05. The van der Waals surface area contributed by atoms with E-state index in [1.807, 2.05) is 35.8 Å². The molecule has 0 bridgehead atoms. The molecule has 1 amide bonds. The summed E-state index contributed by atoms with van der Waals surface area (Å²) < 4.78 is 0. The largest absolute Gasteiger partial charge is 0.480 e. The number of rotatable bonds is 6. The SMILES string of the molecule is NCCCC[C@H](NC(=O)O)C(=O)O.c1ccc2ncccc2c1. The van der Waals surface area contributed by atoms with Crippen LogP contribution in [0.5, 0.6) is 0 Å². The van der Waals surface area contributed by atoms with Crippen LogP contribution in [0.15, 0.2) is 42.6 Å². The number of hydrogen-bond donors (Lipinski definition) is 4. The topological polar surface area (TPSA) is 126 Å². The summed E-state index contributed by atoms with van der Waals surface area (Å²) >= 11 is 0. The van der Waals surface area contributed by atoms with Gasteiger partial charge in [0.1, 0.15) is 6.04 Å². The van der Waals surface area contributed by atoms with Crippen LogP contribution in [0.3, 0.4) is 0 Å². The van der Waals surface area contributed by atoms with Gasteiger partial charge in [0.25, 0.3) is 0 Å². The van der Waals surface area contributed by atoms with Gasteiger partial charge in [0, 0.05) is 11.6 Å². The van der Waals surface area contributed by atoms with Gasteiger partial charge in [0.2, 0.25) is 0 Å². The second kappa shape index (κ2) is 10.1. The number of aliphatic carboxylic acids is 1. The number of fused-ring (bicyclic) bond motifs is 1. The first kappa shape index (κ1) is 18.4. The van der Waals surface area contributed by atoms with Crippen molar-refractivity contribution in [1.29, 1.82) is 0 Å². The van der Waals surface area contributed by atoms with Gasteiger partial charge in [-0.25, -0.2) is 9.59 Å². The van der Waals surface area contributed by atoms with Crippen LogP contribution in [-0.4, -0.2) is 39.8 Å². The molecule has 1 heterocycles. The van der Waals surface area contributed by atoms with Gasteiger partial charge in [-0.15, -0.1) is 0 Å². The molecule has 5 N–H and O–H groups in total. The van der Waals surface area contributed by atoms with Crippen LogP contribution in [0, 0.1) is 0 Å². The number of hydrogen-bond acceptors (Lipinski definition) is 4. The zero-order chi connectivity index (χ0) is 17.1. The minimum atomic E-state index is -1.32. The highest BCUT2D eigenvalue weighted by molar-refractivity contribution is 5.79. The molecular weight excluding hydrogens is 298 g/mol. The second-order valence-corrected chi connectivity index (χ2v) is 4.82. The molecule has 23 heavy (non-hydrogen) atoms. The van der Waals surface area contributed by atoms with Crippen LogP contribution in [0.2, 0.25) is 0 Å². The molecule has 0 spiro atoms. The molecule has 1 aromatic heterocycles. The van der Waals surface area contributed by atoms with Crippen molar-refractivity contribution < 1.29 is 19.8 Å². The summed E-state index contributed by atoms with van der Waals surface area (Å²) in [5, 5.41) is 20.0. The normalized spacial score (nSPS) is 11.2. The van der Waals surface area contributed by atoms with Crippen molar-refractivity contribution in [2.45, 2.75) is 25.3 Å². The highest BCUT2D eigenvalue weighted by Gasteiger charge is 2.18. The van der Waals surface area contributed by atoms with Crippen molar-refractivity contribution in [3.05, 3.63) is 42.6 Å². The van der Waals surface area contributed by atoms with Crippen LogP contribution < -0.4 is 11.1 Å². The summed E-state index contributed by atoms with van der Waals surface area (Å²) in [6, 6.07) is 11.1. The Morgan fingerprint density at radius 2 is 1.83 bits per heavy atom. The lowest BCUT2D eigenvalue weighted by atomic mass is 10.1. The average molecular weight is 319 g/mol. The zero-order valence-corrected chi connectivity index (χ0v) is 12.7. The van der Waals surface area contributed by atoms with E-state index in [1.165, 1.54) is 5.39 Å². The number of carboxylic acids is 1. The first-order valence-electron chi connectivity index (χ1n) is 7.26. The second-order valence-electron chi connectivity index (χ2n) is 4.82. The summed E-state index contributed by atoms with van der Waals surface area (Å²) in [5.74, 6) is -1.15. The average Bonchev–Trinajstić information content (AvgIpc) is 2.54. The van der Waals surface area contributed by atoms with Gasteiger partial charge in [0.15, 0.2) is 0 Å². The third kappa shape index (κ3) is 7.23. The first-order valence-corrected chi connectivity index (χ1v) is 7.26. The van der Waals surface area contributed by atoms with E-state index in [9.17, 15) is 9.59 Å². The number of benzene rings is 1. The molecule has 0 fully saturated rings. The molecule has 2 rings (SSSR count).